The van der Waals surface area contributed by atoms with Gasteiger partial charge in [0.25, 0.3) is 0 Å². The second-order valence-electron chi connectivity index (χ2n) is 3.53. The molecule has 6 heteroatoms. The first-order chi connectivity index (χ1) is 8.03. The first-order valence-corrected chi connectivity index (χ1v) is 4.94. The van der Waals surface area contributed by atoms with Crippen LogP contribution in [-0.2, 0) is 6.54 Å². The molecule has 2 aromatic rings. The summed E-state index contributed by atoms with van der Waals surface area (Å²) in [6, 6.07) is 9.17. The first kappa shape index (κ1) is 11.5. The molecule has 1 aromatic carbocycles. The molecule has 0 atom stereocenters. The van der Waals surface area contributed by atoms with Gasteiger partial charge in [-0.3, -0.25) is 4.68 Å². The predicted molar refractivity (Wildman–Crippen MR) is 58.0 cm³/mol. The summed E-state index contributed by atoms with van der Waals surface area (Å²) in [5.74, 6) is 0. The lowest BCUT2D eigenvalue weighted by atomic mass is 10.3. The molecule has 0 bridgehead atoms. The fourth-order valence-corrected chi connectivity index (χ4v) is 1.39. The molecular weight excluding hydrogens is 231 g/mol. The molecule has 0 aliphatic heterocycles. The molecule has 0 unspecified atom stereocenters. The van der Waals surface area contributed by atoms with E-state index in [-0.39, 0.29) is 0 Å². The van der Waals surface area contributed by atoms with Gasteiger partial charge in [-0.15, -0.1) is 0 Å². The lowest BCUT2D eigenvalue weighted by Crippen LogP contribution is -2.17. The number of benzene rings is 1. The summed E-state index contributed by atoms with van der Waals surface area (Å²) in [7, 11) is 0. The van der Waals surface area contributed by atoms with Crippen LogP contribution in [0.25, 0.3) is 0 Å². The molecule has 1 N–H and O–H groups in total. The minimum atomic E-state index is -4.25. The maximum Gasteiger partial charge on any atom is 0.408 e. The molecule has 0 radical (unpaired) electrons. The smallest absolute Gasteiger partial charge is 0.353 e. The Labute approximate surface area is 95.9 Å². The lowest BCUT2D eigenvalue weighted by molar-refractivity contribution is -0.142. The Hall–Kier alpha value is -1.98. The number of rotatable bonds is 3. The van der Waals surface area contributed by atoms with Crippen molar-refractivity contribution in [1.29, 1.82) is 0 Å². The van der Waals surface area contributed by atoms with Crippen molar-refractivity contribution >= 4 is 11.4 Å². The zero-order chi connectivity index (χ0) is 12.3. The van der Waals surface area contributed by atoms with E-state index in [4.69, 9.17) is 0 Å². The molecule has 3 nitrogen and oxygen atoms in total. The molecule has 0 aliphatic rings. The van der Waals surface area contributed by atoms with Crippen molar-refractivity contribution in [2.24, 2.45) is 0 Å². The highest BCUT2D eigenvalue weighted by Crippen LogP contribution is 2.19. The van der Waals surface area contributed by atoms with Gasteiger partial charge in [-0.1, -0.05) is 18.2 Å². The molecule has 0 spiro atoms. The van der Waals surface area contributed by atoms with Crippen molar-refractivity contribution < 1.29 is 13.2 Å². The van der Waals surface area contributed by atoms with Crippen molar-refractivity contribution in [3.63, 3.8) is 0 Å². The molecule has 0 amide bonds. The van der Waals surface area contributed by atoms with Gasteiger partial charge in [0.15, 0.2) is 0 Å². The SMILES string of the molecule is FC(F)(F)Cn1cc(Nc2ccccc2)cn1. The van der Waals surface area contributed by atoms with Gasteiger partial charge in [-0.05, 0) is 12.1 Å². The van der Waals surface area contributed by atoms with Gasteiger partial charge in [0.2, 0.25) is 0 Å². The second kappa shape index (κ2) is 4.48. The van der Waals surface area contributed by atoms with E-state index in [0.29, 0.717) is 5.69 Å². The number of hydrogen-bond acceptors (Lipinski definition) is 2. The Bertz CT molecular complexity index is 476. The van der Waals surface area contributed by atoms with Gasteiger partial charge in [-0.25, -0.2) is 0 Å². The highest BCUT2D eigenvalue weighted by molar-refractivity contribution is 5.57. The van der Waals surface area contributed by atoms with E-state index in [1.807, 2.05) is 30.3 Å². The summed E-state index contributed by atoms with van der Waals surface area (Å²) < 4.78 is 37.1. The van der Waals surface area contributed by atoms with E-state index in [1.54, 1.807) is 0 Å². The van der Waals surface area contributed by atoms with E-state index in [1.165, 1.54) is 12.4 Å². The van der Waals surface area contributed by atoms with Crippen LogP contribution in [0.3, 0.4) is 0 Å². The van der Waals surface area contributed by atoms with Crippen LogP contribution < -0.4 is 5.32 Å². The third-order valence-corrected chi connectivity index (χ3v) is 2.04. The largest absolute Gasteiger partial charge is 0.408 e. The van der Waals surface area contributed by atoms with Crippen LogP contribution in [0.2, 0.25) is 0 Å². The molecule has 0 saturated heterocycles. The summed E-state index contributed by atoms with van der Waals surface area (Å²) in [5.41, 5.74) is 1.33. The van der Waals surface area contributed by atoms with Crippen LogP contribution in [0.4, 0.5) is 24.5 Å². The molecule has 2 rings (SSSR count). The topological polar surface area (TPSA) is 29.9 Å². The molecule has 0 fully saturated rings. The maximum absolute atomic E-state index is 12.1. The molecule has 1 aromatic heterocycles. The zero-order valence-electron chi connectivity index (χ0n) is 8.78. The number of para-hydroxylation sites is 1. The monoisotopic (exact) mass is 241 g/mol. The van der Waals surface area contributed by atoms with Crippen molar-refractivity contribution in [3.8, 4) is 0 Å². The van der Waals surface area contributed by atoms with Crippen LogP contribution >= 0.6 is 0 Å². The van der Waals surface area contributed by atoms with Crippen molar-refractivity contribution in [2.75, 3.05) is 5.32 Å². The van der Waals surface area contributed by atoms with Gasteiger partial charge >= 0.3 is 6.18 Å². The summed E-state index contributed by atoms with van der Waals surface area (Å²) >= 11 is 0. The van der Waals surface area contributed by atoms with E-state index in [2.05, 4.69) is 10.4 Å². The van der Waals surface area contributed by atoms with Crippen molar-refractivity contribution in [2.45, 2.75) is 12.7 Å². The molecule has 90 valence electrons. The zero-order valence-corrected chi connectivity index (χ0v) is 8.78. The predicted octanol–water partition coefficient (Wildman–Crippen LogP) is 3.19. The quantitative estimate of drug-likeness (QED) is 0.894. The van der Waals surface area contributed by atoms with Gasteiger partial charge < -0.3 is 5.32 Å². The highest BCUT2D eigenvalue weighted by Gasteiger charge is 2.28. The number of aromatic nitrogens is 2. The number of hydrogen-bond donors (Lipinski definition) is 1. The number of halogens is 3. The minimum absolute atomic E-state index is 0.528. The van der Waals surface area contributed by atoms with Crippen LogP contribution in [-0.4, -0.2) is 16.0 Å². The third-order valence-electron chi connectivity index (χ3n) is 2.04. The van der Waals surface area contributed by atoms with Crippen LogP contribution in [0, 0.1) is 0 Å². The summed E-state index contributed by atoms with van der Waals surface area (Å²) in [5, 5.41) is 6.59. The molecule has 1 heterocycles. The molecule has 0 saturated carbocycles. The maximum atomic E-state index is 12.1. The Morgan fingerprint density at radius 1 is 1.12 bits per heavy atom. The highest BCUT2D eigenvalue weighted by atomic mass is 19.4. The average molecular weight is 241 g/mol. The normalized spacial score (nSPS) is 11.5. The number of nitrogens with one attached hydrogen (secondary N) is 1. The van der Waals surface area contributed by atoms with Gasteiger partial charge in [0.05, 0.1) is 11.9 Å². The van der Waals surface area contributed by atoms with Crippen LogP contribution in [0.5, 0.6) is 0 Å². The van der Waals surface area contributed by atoms with E-state index < -0.39 is 12.7 Å². The Kier molecular flexibility index (Phi) is 3.03. The number of nitrogens with zero attached hydrogens (tertiary/aromatic N) is 2. The Morgan fingerprint density at radius 3 is 2.47 bits per heavy atom. The van der Waals surface area contributed by atoms with E-state index in [0.717, 1.165) is 10.4 Å². The van der Waals surface area contributed by atoms with Crippen molar-refractivity contribution in [1.82, 2.24) is 9.78 Å². The number of alkyl halides is 3. The van der Waals surface area contributed by atoms with Crippen LogP contribution in [0.1, 0.15) is 0 Å². The summed E-state index contributed by atoms with van der Waals surface area (Å²) in [6.45, 7) is -1.08. The van der Waals surface area contributed by atoms with Gasteiger partial charge in [0, 0.05) is 11.9 Å². The van der Waals surface area contributed by atoms with E-state index in [9.17, 15) is 13.2 Å². The lowest BCUT2D eigenvalue weighted by Gasteiger charge is -2.05. The standard InChI is InChI=1S/C11H10F3N3/c12-11(13,14)8-17-7-10(6-15-17)16-9-4-2-1-3-5-9/h1-7,16H,8H2. The van der Waals surface area contributed by atoms with Gasteiger partial charge in [-0.2, -0.15) is 18.3 Å². The molecular formula is C11H10F3N3. The molecule has 17 heavy (non-hydrogen) atoms. The Morgan fingerprint density at radius 2 is 1.82 bits per heavy atom. The fourth-order valence-electron chi connectivity index (χ4n) is 1.39. The second-order valence-corrected chi connectivity index (χ2v) is 3.53. The van der Waals surface area contributed by atoms with Crippen LogP contribution in [0.15, 0.2) is 42.7 Å². The molecule has 0 aliphatic carbocycles. The third kappa shape index (κ3) is 3.51. The first-order valence-electron chi connectivity index (χ1n) is 4.94. The fraction of sp³-hybridized carbons (Fsp3) is 0.182. The summed E-state index contributed by atoms with van der Waals surface area (Å²) in [4.78, 5) is 0. The average Bonchev–Trinajstić information content (AvgIpc) is 2.64. The minimum Gasteiger partial charge on any atom is -0.353 e. The van der Waals surface area contributed by atoms with E-state index >= 15 is 0 Å². The van der Waals surface area contributed by atoms with Gasteiger partial charge in [0.1, 0.15) is 6.54 Å². The summed E-state index contributed by atoms with van der Waals surface area (Å²) in [6.07, 6.45) is -1.57. The number of anilines is 2. The van der Waals surface area contributed by atoms with Crippen molar-refractivity contribution in [3.05, 3.63) is 42.7 Å². The Balaban J connectivity index is 2.04.